The lowest BCUT2D eigenvalue weighted by Gasteiger charge is -2.32. The predicted molar refractivity (Wildman–Crippen MR) is 119 cm³/mol. The molecule has 154 valence electrons. The molecule has 0 aromatic heterocycles. The van der Waals surface area contributed by atoms with E-state index in [-0.39, 0.29) is 18.3 Å². The van der Waals surface area contributed by atoms with Gasteiger partial charge in [-0.2, -0.15) is 0 Å². The van der Waals surface area contributed by atoms with Gasteiger partial charge in [-0.3, -0.25) is 0 Å². The van der Waals surface area contributed by atoms with E-state index in [0.29, 0.717) is 12.5 Å². The number of benzene rings is 2. The second kappa shape index (κ2) is 7.37. The van der Waals surface area contributed by atoms with Crippen LogP contribution in [0.1, 0.15) is 63.1 Å². The zero-order valence-electron chi connectivity index (χ0n) is 18.5. The monoisotopic (exact) mass is 393 g/mol. The summed E-state index contributed by atoms with van der Waals surface area (Å²) in [4.78, 5) is 0. The summed E-state index contributed by atoms with van der Waals surface area (Å²) in [5.74, 6) is 1.59. The molecule has 2 aromatic rings. The minimum absolute atomic E-state index is 0.336. The van der Waals surface area contributed by atoms with E-state index < -0.39 is 0 Å². The van der Waals surface area contributed by atoms with Crippen molar-refractivity contribution >= 4 is 18.3 Å². The minimum Gasteiger partial charge on any atom is -0.489 e. The molecule has 4 rings (SSSR count). The highest BCUT2D eigenvalue weighted by atomic mass is 16.7. The molecule has 0 radical (unpaired) electrons. The quantitative estimate of drug-likeness (QED) is 0.717. The van der Waals surface area contributed by atoms with Gasteiger partial charge in [-0.15, -0.1) is 0 Å². The van der Waals surface area contributed by atoms with Gasteiger partial charge >= 0.3 is 7.12 Å². The molecule has 2 aliphatic rings. The highest BCUT2D eigenvalue weighted by Gasteiger charge is 2.51. The van der Waals surface area contributed by atoms with Gasteiger partial charge < -0.3 is 19.4 Å². The van der Waals surface area contributed by atoms with Crippen LogP contribution in [-0.4, -0.2) is 25.4 Å². The average Bonchev–Trinajstić information content (AvgIpc) is 3.47. The standard InChI is InChI=1S/C24H32BNO3/c1-16-14-18(25-28-23(2,3)24(4,5)29-25)12-13-22(16)27-15-20-19(17-10-11-17)8-7-9-21(20)26-6/h7-9,12-14,17,26H,10-11,15H2,1-6H3. The van der Waals surface area contributed by atoms with E-state index in [1.807, 2.05) is 13.1 Å². The first-order chi connectivity index (χ1) is 13.7. The van der Waals surface area contributed by atoms with E-state index in [4.69, 9.17) is 14.0 Å². The van der Waals surface area contributed by atoms with E-state index in [1.165, 1.54) is 24.0 Å². The van der Waals surface area contributed by atoms with Gasteiger partial charge in [0.25, 0.3) is 0 Å². The fourth-order valence-electron chi connectivity index (χ4n) is 3.89. The van der Waals surface area contributed by atoms with Gasteiger partial charge in [-0.25, -0.2) is 0 Å². The molecule has 1 aliphatic heterocycles. The fraction of sp³-hybridized carbons (Fsp3) is 0.500. The Labute approximate surface area is 175 Å². The number of hydrogen-bond acceptors (Lipinski definition) is 4. The van der Waals surface area contributed by atoms with Crippen molar-refractivity contribution in [3.63, 3.8) is 0 Å². The summed E-state index contributed by atoms with van der Waals surface area (Å²) >= 11 is 0. The van der Waals surface area contributed by atoms with Crippen LogP contribution in [0.25, 0.3) is 0 Å². The predicted octanol–water partition coefficient (Wildman–Crippen LogP) is 4.79. The third kappa shape index (κ3) is 3.90. The van der Waals surface area contributed by atoms with Crippen LogP contribution in [0.4, 0.5) is 5.69 Å². The Hall–Kier alpha value is -1.98. The number of rotatable bonds is 6. The van der Waals surface area contributed by atoms with Crippen molar-refractivity contribution in [3.05, 3.63) is 53.1 Å². The Balaban J connectivity index is 1.51. The summed E-state index contributed by atoms with van der Waals surface area (Å²) in [6.45, 7) is 11.0. The van der Waals surface area contributed by atoms with Gasteiger partial charge in [0.15, 0.2) is 0 Å². The maximum atomic E-state index is 6.26. The smallest absolute Gasteiger partial charge is 0.489 e. The number of aryl methyl sites for hydroxylation is 1. The number of ether oxygens (including phenoxy) is 1. The van der Waals surface area contributed by atoms with Crippen LogP contribution in [-0.2, 0) is 15.9 Å². The molecule has 4 nitrogen and oxygen atoms in total. The molecule has 0 unspecified atom stereocenters. The normalized spacial score (nSPS) is 20.0. The van der Waals surface area contributed by atoms with Crippen molar-refractivity contribution in [2.45, 2.75) is 71.2 Å². The van der Waals surface area contributed by atoms with Crippen LogP contribution in [0.15, 0.2) is 36.4 Å². The zero-order valence-corrected chi connectivity index (χ0v) is 18.5. The summed E-state index contributed by atoms with van der Waals surface area (Å²) in [7, 11) is 1.62. The topological polar surface area (TPSA) is 39.7 Å². The first-order valence-corrected chi connectivity index (χ1v) is 10.6. The molecule has 1 saturated carbocycles. The van der Waals surface area contributed by atoms with E-state index in [9.17, 15) is 0 Å². The number of nitrogens with one attached hydrogen (secondary N) is 1. The van der Waals surface area contributed by atoms with Crippen LogP contribution < -0.4 is 15.5 Å². The summed E-state index contributed by atoms with van der Waals surface area (Å²) < 4.78 is 18.6. The van der Waals surface area contributed by atoms with Gasteiger partial charge in [0.2, 0.25) is 0 Å². The second-order valence-electron chi connectivity index (χ2n) is 9.30. The van der Waals surface area contributed by atoms with Crippen molar-refractivity contribution in [3.8, 4) is 5.75 Å². The van der Waals surface area contributed by atoms with Crippen LogP contribution >= 0.6 is 0 Å². The molecule has 1 aliphatic carbocycles. The van der Waals surface area contributed by atoms with Gasteiger partial charge in [0.05, 0.1) is 11.2 Å². The molecule has 2 fully saturated rings. The van der Waals surface area contributed by atoms with Crippen molar-refractivity contribution in [2.24, 2.45) is 0 Å². The van der Waals surface area contributed by atoms with E-state index in [0.717, 1.165) is 22.5 Å². The Bertz CT molecular complexity index is 889. The lowest BCUT2D eigenvalue weighted by molar-refractivity contribution is 0.00578. The molecule has 2 aromatic carbocycles. The molecule has 0 amide bonds. The van der Waals surface area contributed by atoms with E-state index in [1.54, 1.807) is 0 Å². The first-order valence-electron chi connectivity index (χ1n) is 10.6. The van der Waals surface area contributed by atoms with Gasteiger partial charge in [0, 0.05) is 18.3 Å². The van der Waals surface area contributed by atoms with Crippen molar-refractivity contribution in [1.29, 1.82) is 0 Å². The van der Waals surface area contributed by atoms with Crippen molar-refractivity contribution < 1.29 is 14.0 Å². The Kier molecular flexibility index (Phi) is 5.16. The van der Waals surface area contributed by atoms with Crippen molar-refractivity contribution in [1.82, 2.24) is 0 Å². The largest absolute Gasteiger partial charge is 0.494 e. The lowest BCUT2D eigenvalue weighted by Crippen LogP contribution is -2.41. The molecule has 1 saturated heterocycles. The molecule has 1 heterocycles. The van der Waals surface area contributed by atoms with Gasteiger partial charge in [0.1, 0.15) is 12.4 Å². The van der Waals surface area contributed by atoms with Crippen LogP contribution in [0.2, 0.25) is 0 Å². The highest BCUT2D eigenvalue weighted by Crippen LogP contribution is 2.43. The van der Waals surface area contributed by atoms with Crippen molar-refractivity contribution in [2.75, 3.05) is 12.4 Å². The second-order valence-corrected chi connectivity index (χ2v) is 9.30. The van der Waals surface area contributed by atoms with Gasteiger partial charge in [-0.1, -0.05) is 24.3 Å². The highest BCUT2D eigenvalue weighted by molar-refractivity contribution is 6.62. The lowest BCUT2D eigenvalue weighted by atomic mass is 9.78. The molecule has 1 N–H and O–H groups in total. The first kappa shape index (κ1) is 20.3. The minimum atomic E-state index is -0.348. The van der Waals surface area contributed by atoms with Gasteiger partial charge in [-0.05, 0) is 82.1 Å². The third-order valence-corrected chi connectivity index (χ3v) is 6.60. The zero-order chi connectivity index (χ0) is 20.8. The number of hydrogen-bond donors (Lipinski definition) is 1. The average molecular weight is 393 g/mol. The molecule has 0 atom stereocenters. The summed E-state index contributed by atoms with van der Waals surface area (Å²) in [5.41, 5.74) is 5.29. The molecular weight excluding hydrogens is 361 g/mol. The molecule has 29 heavy (non-hydrogen) atoms. The molecular formula is C24H32BNO3. The Morgan fingerprint density at radius 2 is 1.76 bits per heavy atom. The summed E-state index contributed by atoms with van der Waals surface area (Å²) in [5, 5.41) is 3.32. The molecule has 5 heteroatoms. The van der Waals surface area contributed by atoms with Crippen LogP contribution in [0, 0.1) is 6.92 Å². The van der Waals surface area contributed by atoms with E-state index >= 15 is 0 Å². The summed E-state index contributed by atoms with van der Waals surface area (Å²) in [6, 6.07) is 12.7. The molecule has 0 bridgehead atoms. The van der Waals surface area contributed by atoms with Crippen LogP contribution in [0.3, 0.4) is 0 Å². The maximum absolute atomic E-state index is 6.26. The van der Waals surface area contributed by atoms with Crippen LogP contribution in [0.5, 0.6) is 5.75 Å². The summed E-state index contributed by atoms with van der Waals surface area (Å²) in [6.07, 6.45) is 2.56. The van der Waals surface area contributed by atoms with E-state index in [2.05, 4.69) is 70.3 Å². The number of anilines is 1. The Morgan fingerprint density at radius 3 is 2.34 bits per heavy atom. The molecule has 0 spiro atoms. The third-order valence-electron chi connectivity index (χ3n) is 6.60. The SMILES string of the molecule is CNc1cccc(C2CC2)c1COc1ccc(B2OC(C)(C)C(C)(C)O2)cc1C. The Morgan fingerprint density at radius 1 is 1.07 bits per heavy atom. The maximum Gasteiger partial charge on any atom is 0.494 e. The fourth-order valence-corrected chi connectivity index (χ4v) is 3.89.